The summed E-state index contributed by atoms with van der Waals surface area (Å²) < 4.78 is 1.10. The number of hydrogen-bond acceptors (Lipinski definition) is 3. The quantitative estimate of drug-likeness (QED) is 0.914. The van der Waals surface area contributed by atoms with Gasteiger partial charge in [0.25, 0.3) is 0 Å². The number of likely N-dealkylation sites (N-methyl/N-ethyl adjacent to an activating group) is 1. The smallest absolute Gasteiger partial charge is 0.317 e. The fourth-order valence-corrected chi connectivity index (χ4v) is 3.63. The summed E-state index contributed by atoms with van der Waals surface area (Å²) in [4.78, 5) is 17.6. The number of hydrogen-bond donors (Lipinski definition) is 1. The third kappa shape index (κ3) is 4.47. The third-order valence-electron chi connectivity index (χ3n) is 3.37. The second kappa shape index (κ2) is 7.26. The van der Waals surface area contributed by atoms with Crippen molar-refractivity contribution in [2.75, 3.05) is 32.7 Å². The molecule has 106 valence electrons. The van der Waals surface area contributed by atoms with Crippen molar-refractivity contribution in [3.05, 3.63) is 20.8 Å². The Morgan fingerprint density at radius 2 is 2.21 bits per heavy atom. The lowest BCUT2D eigenvalue weighted by atomic mass is 10.4. The van der Waals surface area contributed by atoms with E-state index in [2.05, 4.69) is 33.1 Å². The Morgan fingerprint density at radius 3 is 2.89 bits per heavy atom. The Morgan fingerprint density at radius 1 is 1.37 bits per heavy atom. The zero-order valence-corrected chi connectivity index (χ0v) is 13.6. The normalized spacial score (nSPS) is 17.3. The molecule has 0 spiro atoms. The van der Waals surface area contributed by atoms with E-state index in [0.29, 0.717) is 6.54 Å². The van der Waals surface area contributed by atoms with Gasteiger partial charge in [-0.3, -0.25) is 0 Å². The van der Waals surface area contributed by atoms with E-state index in [1.165, 1.54) is 4.88 Å². The van der Waals surface area contributed by atoms with Gasteiger partial charge in [-0.25, -0.2) is 4.79 Å². The molecule has 0 aromatic carbocycles. The molecule has 0 bridgehead atoms. The van der Waals surface area contributed by atoms with Crippen LogP contribution in [0.3, 0.4) is 0 Å². The first-order valence-electron chi connectivity index (χ1n) is 6.68. The zero-order valence-electron chi connectivity index (χ0n) is 11.2. The Balaban J connectivity index is 1.79. The number of thiophene rings is 1. The number of rotatable bonds is 3. The van der Waals surface area contributed by atoms with Gasteiger partial charge >= 0.3 is 6.03 Å². The van der Waals surface area contributed by atoms with E-state index in [1.807, 2.05) is 17.0 Å². The van der Waals surface area contributed by atoms with Gasteiger partial charge in [0.1, 0.15) is 0 Å². The van der Waals surface area contributed by atoms with E-state index in [4.69, 9.17) is 0 Å². The molecule has 4 nitrogen and oxygen atoms in total. The minimum absolute atomic E-state index is 0.0578. The van der Waals surface area contributed by atoms with Crippen molar-refractivity contribution < 1.29 is 4.79 Å². The van der Waals surface area contributed by atoms with E-state index >= 15 is 0 Å². The lowest BCUT2D eigenvalue weighted by molar-refractivity contribution is 0.198. The van der Waals surface area contributed by atoms with Crippen LogP contribution in [0.15, 0.2) is 15.9 Å². The summed E-state index contributed by atoms with van der Waals surface area (Å²) in [6.45, 7) is 7.61. The van der Waals surface area contributed by atoms with Gasteiger partial charge in [0.15, 0.2) is 0 Å². The highest BCUT2D eigenvalue weighted by atomic mass is 79.9. The van der Waals surface area contributed by atoms with Crippen LogP contribution in [-0.4, -0.2) is 48.6 Å². The fraction of sp³-hybridized carbons (Fsp3) is 0.615. The molecule has 1 saturated heterocycles. The first-order chi connectivity index (χ1) is 9.19. The van der Waals surface area contributed by atoms with Gasteiger partial charge in [-0.2, -0.15) is 0 Å². The van der Waals surface area contributed by atoms with Gasteiger partial charge in [-0.15, -0.1) is 11.3 Å². The van der Waals surface area contributed by atoms with Crippen LogP contribution in [0.5, 0.6) is 0 Å². The van der Waals surface area contributed by atoms with Crippen molar-refractivity contribution in [3.63, 3.8) is 0 Å². The number of carbonyl (C=O) groups excluding carboxylic acids is 1. The maximum absolute atomic E-state index is 12.1. The van der Waals surface area contributed by atoms with E-state index in [9.17, 15) is 4.79 Å². The number of urea groups is 1. The molecule has 1 fully saturated rings. The standard InChI is InChI=1S/C13H20BrN3OS/c1-2-16-6-3-7-17(9-8-16)13(18)15-10-11-4-5-12(14)19-11/h4-5H,2-3,6-10H2,1H3,(H,15,18). The van der Waals surface area contributed by atoms with Crippen LogP contribution in [0, 0.1) is 0 Å². The molecule has 0 radical (unpaired) electrons. The van der Waals surface area contributed by atoms with Gasteiger partial charge in [0.2, 0.25) is 0 Å². The average Bonchev–Trinajstić information content (AvgIpc) is 2.69. The highest BCUT2D eigenvalue weighted by Gasteiger charge is 2.17. The van der Waals surface area contributed by atoms with Crippen molar-refractivity contribution in [1.82, 2.24) is 15.1 Å². The Kier molecular flexibility index (Phi) is 5.66. The summed E-state index contributed by atoms with van der Waals surface area (Å²) in [6, 6.07) is 4.11. The lowest BCUT2D eigenvalue weighted by Crippen LogP contribution is -2.41. The number of halogens is 1. The highest BCUT2D eigenvalue weighted by molar-refractivity contribution is 9.11. The topological polar surface area (TPSA) is 35.6 Å². The molecule has 2 rings (SSSR count). The van der Waals surface area contributed by atoms with Gasteiger partial charge < -0.3 is 15.1 Å². The summed E-state index contributed by atoms with van der Waals surface area (Å²) in [5, 5.41) is 3.00. The average molecular weight is 346 g/mol. The summed E-state index contributed by atoms with van der Waals surface area (Å²) in [6.07, 6.45) is 1.06. The van der Waals surface area contributed by atoms with E-state index < -0.39 is 0 Å². The summed E-state index contributed by atoms with van der Waals surface area (Å²) in [5.41, 5.74) is 0. The van der Waals surface area contributed by atoms with Crippen LogP contribution in [0.25, 0.3) is 0 Å². The second-order valence-corrected chi connectivity index (χ2v) is 7.19. The molecule has 1 N–H and O–H groups in total. The minimum Gasteiger partial charge on any atom is -0.333 e. The first-order valence-corrected chi connectivity index (χ1v) is 8.29. The highest BCUT2D eigenvalue weighted by Crippen LogP contribution is 2.21. The molecule has 0 aliphatic carbocycles. The predicted octanol–water partition coefficient (Wildman–Crippen LogP) is 2.75. The molecule has 0 atom stereocenters. The number of nitrogens with one attached hydrogen (secondary N) is 1. The van der Waals surface area contributed by atoms with Gasteiger partial charge in [0.05, 0.1) is 10.3 Å². The largest absolute Gasteiger partial charge is 0.333 e. The summed E-state index contributed by atoms with van der Waals surface area (Å²) in [7, 11) is 0. The van der Waals surface area contributed by atoms with Gasteiger partial charge in [-0.1, -0.05) is 6.92 Å². The van der Waals surface area contributed by atoms with Crippen molar-refractivity contribution in [1.29, 1.82) is 0 Å². The Hall–Kier alpha value is -0.590. The second-order valence-electron chi connectivity index (χ2n) is 4.64. The van der Waals surface area contributed by atoms with Crippen LogP contribution in [-0.2, 0) is 6.54 Å². The van der Waals surface area contributed by atoms with Gasteiger partial charge in [0, 0.05) is 24.5 Å². The van der Waals surface area contributed by atoms with E-state index in [0.717, 1.165) is 42.9 Å². The summed E-state index contributed by atoms with van der Waals surface area (Å²) in [5.74, 6) is 0. The fourth-order valence-electron chi connectivity index (χ4n) is 2.21. The van der Waals surface area contributed by atoms with Gasteiger partial charge in [-0.05, 0) is 47.6 Å². The number of nitrogens with zero attached hydrogens (tertiary/aromatic N) is 2. The monoisotopic (exact) mass is 345 g/mol. The molecule has 0 saturated carbocycles. The molecule has 6 heteroatoms. The molecule has 1 aliphatic rings. The maximum atomic E-state index is 12.1. The van der Waals surface area contributed by atoms with E-state index in [1.54, 1.807) is 11.3 Å². The molecule has 1 aliphatic heterocycles. The summed E-state index contributed by atoms with van der Waals surface area (Å²) >= 11 is 5.09. The lowest BCUT2D eigenvalue weighted by Gasteiger charge is -2.21. The van der Waals surface area contributed by atoms with Crippen LogP contribution in [0.4, 0.5) is 4.79 Å². The number of amides is 2. The minimum atomic E-state index is 0.0578. The first kappa shape index (κ1) is 14.8. The van der Waals surface area contributed by atoms with Crippen LogP contribution in [0.1, 0.15) is 18.2 Å². The molecular formula is C13H20BrN3OS. The van der Waals surface area contributed by atoms with Crippen LogP contribution in [0.2, 0.25) is 0 Å². The van der Waals surface area contributed by atoms with Crippen molar-refractivity contribution in [2.24, 2.45) is 0 Å². The van der Waals surface area contributed by atoms with E-state index in [-0.39, 0.29) is 6.03 Å². The molecule has 2 amide bonds. The molecule has 1 aromatic rings. The van der Waals surface area contributed by atoms with Crippen molar-refractivity contribution in [2.45, 2.75) is 19.9 Å². The molecule has 0 unspecified atom stereocenters. The zero-order chi connectivity index (χ0) is 13.7. The predicted molar refractivity (Wildman–Crippen MR) is 82.6 cm³/mol. The van der Waals surface area contributed by atoms with Crippen molar-refractivity contribution in [3.8, 4) is 0 Å². The van der Waals surface area contributed by atoms with Crippen LogP contribution < -0.4 is 5.32 Å². The molecule has 19 heavy (non-hydrogen) atoms. The van der Waals surface area contributed by atoms with Crippen molar-refractivity contribution >= 4 is 33.3 Å². The van der Waals surface area contributed by atoms with Crippen LogP contribution >= 0.6 is 27.3 Å². The molecular weight excluding hydrogens is 326 g/mol. The molecule has 1 aromatic heterocycles. The Bertz CT molecular complexity index is 424. The number of carbonyl (C=O) groups is 1. The maximum Gasteiger partial charge on any atom is 0.317 e. The Labute approximate surface area is 126 Å². The third-order valence-corrected chi connectivity index (χ3v) is 4.99. The SMILES string of the molecule is CCN1CCCN(C(=O)NCc2ccc(Br)s2)CC1. The molecule has 2 heterocycles.